The molecular formula is C21H25NO3. The zero-order chi connectivity index (χ0) is 18.2. The minimum Gasteiger partial charge on any atom is -0.484 e. The van der Waals surface area contributed by atoms with Crippen molar-refractivity contribution in [1.82, 2.24) is 5.32 Å². The number of amides is 1. The number of Topliss-reactive ketones (excluding diaryl/α,β-unsaturated/α-hetero) is 1. The number of nitrogens with one attached hydrogen (secondary N) is 1. The highest BCUT2D eigenvalue weighted by atomic mass is 16.5. The van der Waals surface area contributed by atoms with Crippen LogP contribution in [0.4, 0.5) is 0 Å². The van der Waals surface area contributed by atoms with E-state index >= 15 is 0 Å². The first kappa shape index (κ1) is 18.7. The van der Waals surface area contributed by atoms with Gasteiger partial charge in [0.15, 0.2) is 12.4 Å². The summed E-state index contributed by atoms with van der Waals surface area (Å²) in [6, 6.07) is 16.7. The van der Waals surface area contributed by atoms with E-state index in [2.05, 4.69) is 19.2 Å². The van der Waals surface area contributed by atoms with E-state index < -0.39 is 0 Å². The molecule has 0 radical (unpaired) electrons. The van der Waals surface area contributed by atoms with Crippen molar-refractivity contribution in [2.24, 2.45) is 5.92 Å². The molecule has 2 aromatic carbocycles. The van der Waals surface area contributed by atoms with Gasteiger partial charge in [0.1, 0.15) is 5.75 Å². The standard InChI is InChI=1S/C21H25NO3/c1-4-19(23)16-10-12-18(13-11-16)25-14-20(24)22-21(15(2)3)17-8-6-5-7-9-17/h5-13,15,21H,4,14H2,1-3H3,(H,22,24)/t21-/m1/s1. The van der Waals surface area contributed by atoms with Crippen LogP contribution in [-0.2, 0) is 4.79 Å². The lowest BCUT2D eigenvalue weighted by atomic mass is 9.96. The van der Waals surface area contributed by atoms with Crippen LogP contribution in [0.2, 0.25) is 0 Å². The number of rotatable bonds is 8. The highest BCUT2D eigenvalue weighted by Crippen LogP contribution is 2.21. The summed E-state index contributed by atoms with van der Waals surface area (Å²) >= 11 is 0. The van der Waals surface area contributed by atoms with Gasteiger partial charge in [-0.15, -0.1) is 0 Å². The number of benzene rings is 2. The molecule has 0 bridgehead atoms. The molecule has 4 heteroatoms. The van der Waals surface area contributed by atoms with Gasteiger partial charge < -0.3 is 10.1 Å². The molecule has 0 aliphatic rings. The molecule has 1 N–H and O–H groups in total. The fraction of sp³-hybridized carbons (Fsp3) is 0.333. The van der Waals surface area contributed by atoms with Crippen LogP contribution >= 0.6 is 0 Å². The van der Waals surface area contributed by atoms with Crippen molar-refractivity contribution in [3.63, 3.8) is 0 Å². The lowest BCUT2D eigenvalue weighted by Crippen LogP contribution is -2.35. The second-order valence-electron chi connectivity index (χ2n) is 6.29. The van der Waals surface area contributed by atoms with Gasteiger partial charge in [-0.2, -0.15) is 0 Å². The Morgan fingerprint density at radius 2 is 1.64 bits per heavy atom. The summed E-state index contributed by atoms with van der Waals surface area (Å²) in [5.74, 6) is 0.762. The Kier molecular flexibility index (Phi) is 6.75. The van der Waals surface area contributed by atoms with E-state index in [4.69, 9.17) is 4.74 Å². The van der Waals surface area contributed by atoms with Gasteiger partial charge in [0.25, 0.3) is 5.91 Å². The molecule has 4 nitrogen and oxygen atoms in total. The Morgan fingerprint density at radius 1 is 1.00 bits per heavy atom. The summed E-state index contributed by atoms with van der Waals surface area (Å²) in [7, 11) is 0. The quantitative estimate of drug-likeness (QED) is 0.734. The lowest BCUT2D eigenvalue weighted by molar-refractivity contribution is -0.124. The Bertz CT molecular complexity index is 693. The molecule has 0 saturated heterocycles. The molecule has 0 fully saturated rings. The van der Waals surface area contributed by atoms with Crippen molar-refractivity contribution >= 4 is 11.7 Å². The van der Waals surface area contributed by atoms with Gasteiger partial charge in [0.05, 0.1) is 6.04 Å². The molecule has 132 valence electrons. The van der Waals surface area contributed by atoms with Crippen LogP contribution < -0.4 is 10.1 Å². The van der Waals surface area contributed by atoms with Gasteiger partial charge in [0.2, 0.25) is 0 Å². The van der Waals surface area contributed by atoms with Gasteiger partial charge in [-0.05, 0) is 35.7 Å². The molecule has 25 heavy (non-hydrogen) atoms. The first-order valence-electron chi connectivity index (χ1n) is 8.61. The monoisotopic (exact) mass is 339 g/mol. The maximum absolute atomic E-state index is 12.2. The van der Waals surface area contributed by atoms with Crippen LogP contribution in [0.15, 0.2) is 54.6 Å². The summed E-state index contributed by atoms with van der Waals surface area (Å²) in [4.78, 5) is 23.8. The summed E-state index contributed by atoms with van der Waals surface area (Å²) in [6.45, 7) is 5.91. The van der Waals surface area contributed by atoms with E-state index in [1.807, 2.05) is 37.3 Å². The fourth-order valence-electron chi connectivity index (χ4n) is 2.60. The topological polar surface area (TPSA) is 55.4 Å². The van der Waals surface area contributed by atoms with Gasteiger partial charge in [-0.1, -0.05) is 51.1 Å². The van der Waals surface area contributed by atoms with Crippen LogP contribution in [0.25, 0.3) is 0 Å². The third kappa shape index (κ3) is 5.45. The second-order valence-corrected chi connectivity index (χ2v) is 6.29. The second kappa shape index (κ2) is 9.02. The first-order valence-corrected chi connectivity index (χ1v) is 8.61. The Labute approximate surface area is 149 Å². The van der Waals surface area contributed by atoms with Gasteiger partial charge in [-0.3, -0.25) is 9.59 Å². The maximum atomic E-state index is 12.2. The van der Waals surface area contributed by atoms with Crippen LogP contribution in [-0.4, -0.2) is 18.3 Å². The van der Waals surface area contributed by atoms with Gasteiger partial charge >= 0.3 is 0 Å². The van der Waals surface area contributed by atoms with E-state index in [1.54, 1.807) is 24.3 Å². The largest absolute Gasteiger partial charge is 0.484 e. The van der Waals surface area contributed by atoms with Crippen molar-refractivity contribution in [2.45, 2.75) is 33.2 Å². The van der Waals surface area contributed by atoms with Gasteiger partial charge in [0, 0.05) is 12.0 Å². The smallest absolute Gasteiger partial charge is 0.258 e. The maximum Gasteiger partial charge on any atom is 0.258 e. The number of carbonyl (C=O) groups excluding carboxylic acids is 2. The average molecular weight is 339 g/mol. The average Bonchev–Trinajstić information content (AvgIpc) is 2.64. The summed E-state index contributed by atoms with van der Waals surface area (Å²) < 4.78 is 5.53. The van der Waals surface area contributed by atoms with E-state index in [1.165, 1.54) is 0 Å². The number of ether oxygens (including phenoxy) is 1. The third-order valence-corrected chi connectivity index (χ3v) is 4.01. The number of hydrogen-bond donors (Lipinski definition) is 1. The zero-order valence-electron chi connectivity index (χ0n) is 15.0. The molecule has 0 aliphatic carbocycles. The van der Waals surface area contributed by atoms with Crippen molar-refractivity contribution in [2.75, 3.05) is 6.61 Å². The molecule has 0 unspecified atom stereocenters. The van der Waals surface area contributed by atoms with E-state index in [-0.39, 0.29) is 30.3 Å². The fourth-order valence-corrected chi connectivity index (χ4v) is 2.60. The molecule has 0 spiro atoms. The van der Waals surface area contributed by atoms with Crippen molar-refractivity contribution < 1.29 is 14.3 Å². The highest BCUT2D eigenvalue weighted by molar-refractivity contribution is 5.95. The normalized spacial score (nSPS) is 11.8. The lowest BCUT2D eigenvalue weighted by Gasteiger charge is -2.23. The third-order valence-electron chi connectivity index (χ3n) is 4.01. The predicted octanol–water partition coefficient (Wildman–Crippen LogP) is 4.17. The molecule has 0 aliphatic heterocycles. The summed E-state index contributed by atoms with van der Waals surface area (Å²) in [5, 5.41) is 3.02. The summed E-state index contributed by atoms with van der Waals surface area (Å²) in [5.41, 5.74) is 1.73. The molecule has 2 aromatic rings. The van der Waals surface area contributed by atoms with Crippen molar-refractivity contribution in [3.8, 4) is 5.75 Å². The zero-order valence-corrected chi connectivity index (χ0v) is 15.0. The SMILES string of the molecule is CCC(=O)c1ccc(OCC(=O)N[C@@H](c2ccccc2)C(C)C)cc1. The van der Waals surface area contributed by atoms with Gasteiger partial charge in [-0.25, -0.2) is 0 Å². The van der Waals surface area contributed by atoms with Crippen LogP contribution in [0.3, 0.4) is 0 Å². The Morgan fingerprint density at radius 3 is 2.20 bits per heavy atom. The number of hydrogen-bond acceptors (Lipinski definition) is 3. The minimum atomic E-state index is -0.170. The molecule has 0 heterocycles. The molecule has 0 saturated carbocycles. The minimum absolute atomic E-state index is 0.0538. The highest BCUT2D eigenvalue weighted by Gasteiger charge is 2.18. The number of ketones is 1. The van der Waals surface area contributed by atoms with Crippen LogP contribution in [0.1, 0.15) is 49.2 Å². The Hall–Kier alpha value is -2.62. The molecular weight excluding hydrogens is 314 g/mol. The van der Waals surface area contributed by atoms with E-state index in [0.717, 1.165) is 5.56 Å². The van der Waals surface area contributed by atoms with Crippen molar-refractivity contribution in [3.05, 3.63) is 65.7 Å². The van der Waals surface area contributed by atoms with Crippen LogP contribution in [0, 0.1) is 5.92 Å². The van der Waals surface area contributed by atoms with Crippen molar-refractivity contribution in [1.29, 1.82) is 0 Å². The van der Waals surface area contributed by atoms with E-state index in [0.29, 0.717) is 17.7 Å². The molecule has 2 rings (SSSR count). The Balaban J connectivity index is 1.92. The van der Waals surface area contributed by atoms with E-state index in [9.17, 15) is 9.59 Å². The molecule has 1 atom stereocenters. The first-order chi connectivity index (χ1) is 12.0. The molecule has 1 amide bonds. The van der Waals surface area contributed by atoms with Crippen LogP contribution in [0.5, 0.6) is 5.75 Å². The predicted molar refractivity (Wildman–Crippen MR) is 98.7 cm³/mol. The summed E-state index contributed by atoms with van der Waals surface area (Å²) in [6.07, 6.45) is 0.471. The number of carbonyl (C=O) groups is 2. The molecule has 0 aromatic heterocycles.